The Labute approximate surface area is 434 Å². The number of carbonyl (C=O) groups is 5. The van der Waals surface area contributed by atoms with Gasteiger partial charge in [-0.15, -0.1) is 0 Å². The number of fused-ring (bicyclic) bond motifs is 6. The van der Waals surface area contributed by atoms with Gasteiger partial charge in [0.15, 0.2) is 0 Å². The Balaban J connectivity index is 0.00000355. The standard InChI is InChI=1S/C53H69N7O7.3H2S/c1-10-46(62)58-23-20-35(21-24-58)50(64)57(9)47(33(3)4)49(63)54-44-27-34-25-38(28-39(61)26-34)36-18-19-45-41(29-36)42(48(59(45)11-2)40-16-13-12-15-37(40)31-56(7)8)30-53(5,6)32-67-52(66)43-17-14-22-60(55-43)51(44)65;;;/h10,12-13,15-16,18-19,25-26,28-29,33,35,43-44,47,55,61H,1,11,14,17,20-24,27,30-32H2,2-9H3,(H,54,63);3*1H2/t43-,44-,47-;;;/m0.../s1. The van der Waals surface area contributed by atoms with Crippen LogP contribution in [0.2, 0.25) is 0 Å². The second kappa shape index (κ2) is 24.5. The van der Waals surface area contributed by atoms with Crippen molar-refractivity contribution in [1.82, 2.24) is 35.0 Å². The number of likely N-dealkylation sites (N-methyl/N-ethyl adjacent to an activating group) is 1. The first-order valence-corrected chi connectivity index (χ1v) is 23.8. The number of aromatic hydroxyl groups is 1. The number of phenolic OH excluding ortho intramolecular Hbond substituents is 1. The number of nitrogens with one attached hydrogen (secondary N) is 2. The van der Waals surface area contributed by atoms with E-state index in [0.717, 1.165) is 51.9 Å². The van der Waals surface area contributed by atoms with E-state index in [9.17, 15) is 29.1 Å². The number of cyclic esters (lactones) is 1. The molecule has 3 aliphatic rings. The Kier molecular flexibility index (Phi) is 20.1. The number of likely N-dealkylation sites (tertiary alicyclic amines) is 1. The van der Waals surface area contributed by atoms with E-state index in [1.54, 1.807) is 24.1 Å². The fourth-order valence-electron chi connectivity index (χ4n) is 10.3. The van der Waals surface area contributed by atoms with Gasteiger partial charge in [0, 0.05) is 74.0 Å². The number of carbonyl (C=O) groups excluding carboxylic acids is 5. The molecule has 0 radical (unpaired) electrons. The van der Waals surface area contributed by atoms with Gasteiger partial charge in [-0.05, 0) is 117 Å². The predicted octanol–water partition coefficient (Wildman–Crippen LogP) is 6.66. The number of nitrogens with zero attached hydrogens (tertiary/aromatic N) is 5. The summed E-state index contributed by atoms with van der Waals surface area (Å²) >= 11 is 0. The summed E-state index contributed by atoms with van der Waals surface area (Å²) in [7, 11) is 5.75. The van der Waals surface area contributed by atoms with Crippen LogP contribution in [0, 0.1) is 17.3 Å². The minimum Gasteiger partial charge on any atom is -0.508 e. The number of aromatic nitrogens is 1. The van der Waals surface area contributed by atoms with Crippen molar-refractivity contribution in [2.24, 2.45) is 17.3 Å². The molecule has 4 aromatic rings. The molecule has 0 saturated carbocycles. The summed E-state index contributed by atoms with van der Waals surface area (Å²) < 4.78 is 8.50. The molecule has 6 bridgehead atoms. The number of amides is 4. The maximum Gasteiger partial charge on any atom is 0.324 e. The lowest BCUT2D eigenvalue weighted by atomic mass is 9.84. The highest BCUT2D eigenvalue weighted by molar-refractivity contribution is 7.59. The zero-order valence-corrected chi connectivity index (χ0v) is 45.1. The molecule has 3 N–H and O–H groups in total. The van der Waals surface area contributed by atoms with Gasteiger partial charge in [0.25, 0.3) is 5.91 Å². The lowest BCUT2D eigenvalue weighted by Gasteiger charge is -2.38. The van der Waals surface area contributed by atoms with Gasteiger partial charge in [-0.2, -0.15) is 40.5 Å². The largest absolute Gasteiger partial charge is 0.508 e. The van der Waals surface area contributed by atoms with Crippen LogP contribution >= 0.6 is 40.5 Å². The highest BCUT2D eigenvalue weighted by Crippen LogP contribution is 2.42. The minimum atomic E-state index is -1.14. The van der Waals surface area contributed by atoms with Gasteiger partial charge in [0.05, 0.1) is 12.3 Å². The highest BCUT2D eigenvalue weighted by atomic mass is 32.1. The first kappa shape index (κ1) is 57.6. The SMILES string of the molecule is C=CC(=O)N1CCC(C(=O)N(C)[C@H](C(=O)N[C@H]2Cc3cc(O)cc(c3)-c3ccc4c(c3)c(c(-c3ccccc3CN(C)C)n4CC)CC(C)(C)COC(=O)[C@@H]3CCCN(N3)C2=O)C(C)C)CC1.S.S.S. The van der Waals surface area contributed by atoms with Crippen LogP contribution in [0.5, 0.6) is 5.75 Å². The number of hydrogen-bond acceptors (Lipinski definition) is 9. The maximum absolute atomic E-state index is 14.7. The fraction of sp³-hybridized carbons (Fsp3) is 0.491. The van der Waals surface area contributed by atoms with Crippen LogP contribution in [0.1, 0.15) is 77.0 Å². The van der Waals surface area contributed by atoms with Crippen LogP contribution in [-0.2, 0) is 54.6 Å². The maximum atomic E-state index is 14.7. The molecule has 7 rings (SSSR count). The topological polar surface area (TPSA) is 157 Å². The molecule has 3 atom stereocenters. The molecule has 3 aliphatic heterocycles. The normalized spacial score (nSPS) is 18.9. The molecule has 0 aliphatic carbocycles. The molecule has 382 valence electrons. The number of hydrazine groups is 1. The van der Waals surface area contributed by atoms with E-state index >= 15 is 0 Å². The highest BCUT2D eigenvalue weighted by Gasteiger charge is 2.39. The number of phenols is 1. The van der Waals surface area contributed by atoms with Crippen molar-refractivity contribution in [3.63, 3.8) is 0 Å². The van der Waals surface area contributed by atoms with Crippen LogP contribution in [0.3, 0.4) is 0 Å². The van der Waals surface area contributed by atoms with Gasteiger partial charge in [-0.3, -0.25) is 29.0 Å². The molecule has 1 aromatic heterocycles. The molecule has 17 heteroatoms. The second-order valence-electron chi connectivity index (χ2n) is 20.1. The van der Waals surface area contributed by atoms with Gasteiger partial charge in [-0.25, -0.2) is 5.43 Å². The Morgan fingerprint density at radius 2 is 1.66 bits per heavy atom. The van der Waals surface area contributed by atoms with Crippen molar-refractivity contribution >= 4 is 81.0 Å². The summed E-state index contributed by atoms with van der Waals surface area (Å²) in [5.41, 5.74) is 10.5. The first-order valence-electron chi connectivity index (χ1n) is 23.8. The third kappa shape index (κ3) is 12.7. The summed E-state index contributed by atoms with van der Waals surface area (Å²) in [6, 6.07) is 17.3. The summed E-state index contributed by atoms with van der Waals surface area (Å²) in [5.74, 6) is -2.47. The summed E-state index contributed by atoms with van der Waals surface area (Å²) in [6.45, 7) is 16.4. The molecule has 2 fully saturated rings. The average molecular weight is 1020 g/mol. The molecule has 4 heterocycles. The van der Waals surface area contributed by atoms with E-state index in [2.05, 4.69) is 104 Å². The molecular formula is C53H75N7O7S3. The number of esters is 1. The number of aryl methyl sites for hydroxylation is 1. The van der Waals surface area contributed by atoms with Crippen molar-refractivity contribution in [2.45, 2.75) is 104 Å². The molecule has 2 saturated heterocycles. The van der Waals surface area contributed by atoms with E-state index in [4.69, 9.17) is 4.74 Å². The quantitative estimate of drug-likeness (QED) is 0.117. The Hall–Kier alpha value is -4.94. The monoisotopic (exact) mass is 1020 g/mol. The summed E-state index contributed by atoms with van der Waals surface area (Å²) in [5, 5.41) is 16.8. The van der Waals surface area contributed by atoms with Crippen LogP contribution in [0.4, 0.5) is 0 Å². The Bertz CT molecular complexity index is 2540. The number of benzene rings is 3. The van der Waals surface area contributed by atoms with Crippen LogP contribution in [0.25, 0.3) is 33.3 Å². The number of ether oxygens (including phenoxy) is 1. The second-order valence-corrected chi connectivity index (χ2v) is 20.1. The van der Waals surface area contributed by atoms with Crippen LogP contribution in [-0.4, -0.2) is 124 Å². The lowest BCUT2D eigenvalue weighted by molar-refractivity contribution is -0.155. The molecule has 4 amide bonds. The number of hydrogen-bond donors (Lipinski definition) is 3. The molecule has 0 spiro atoms. The lowest BCUT2D eigenvalue weighted by Crippen LogP contribution is -2.62. The predicted molar refractivity (Wildman–Crippen MR) is 292 cm³/mol. The number of piperidine rings is 1. The van der Waals surface area contributed by atoms with E-state index < -0.39 is 41.3 Å². The Morgan fingerprint density at radius 1 is 0.957 bits per heavy atom. The van der Waals surface area contributed by atoms with E-state index in [1.165, 1.54) is 21.5 Å². The molecule has 0 unspecified atom stereocenters. The van der Waals surface area contributed by atoms with Crippen molar-refractivity contribution in [3.05, 3.63) is 90.0 Å². The summed E-state index contributed by atoms with van der Waals surface area (Å²) in [6.07, 6.45) is 3.79. The van der Waals surface area contributed by atoms with Gasteiger partial charge < -0.3 is 34.4 Å². The number of rotatable bonds is 10. The van der Waals surface area contributed by atoms with Gasteiger partial charge >= 0.3 is 5.97 Å². The minimum absolute atomic E-state index is 0. The van der Waals surface area contributed by atoms with Gasteiger partial charge in [-0.1, -0.05) is 70.7 Å². The zero-order valence-electron chi connectivity index (χ0n) is 42.1. The first-order chi connectivity index (χ1) is 31.9. The van der Waals surface area contributed by atoms with Gasteiger partial charge in [0.2, 0.25) is 17.7 Å². The van der Waals surface area contributed by atoms with E-state index in [1.807, 2.05) is 19.9 Å². The molecule has 14 nitrogen and oxygen atoms in total. The van der Waals surface area contributed by atoms with E-state index in [-0.39, 0.29) is 82.9 Å². The summed E-state index contributed by atoms with van der Waals surface area (Å²) in [4.78, 5) is 74.8. The molecule has 70 heavy (non-hydrogen) atoms. The molecule has 3 aromatic carbocycles. The Morgan fingerprint density at radius 3 is 2.31 bits per heavy atom. The average Bonchev–Trinajstić information content (AvgIpc) is 3.60. The third-order valence-electron chi connectivity index (χ3n) is 13.6. The van der Waals surface area contributed by atoms with Crippen LogP contribution in [0.15, 0.2) is 73.3 Å². The third-order valence-corrected chi connectivity index (χ3v) is 13.6. The van der Waals surface area contributed by atoms with Crippen molar-refractivity contribution < 1.29 is 33.8 Å². The zero-order chi connectivity index (χ0) is 48.3. The van der Waals surface area contributed by atoms with Crippen molar-refractivity contribution in [2.75, 3.05) is 47.4 Å². The molecular weight excluding hydrogens is 943 g/mol. The van der Waals surface area contributed by atoms with Crippen LogP contribution < -0.4 is 10.7 Å². The van der Waals surface area contributed by atoms with E-state index in [0.29, 0.717) is 57.3 Å². The van der Waals surface area contributed by atoms with Crippen molar-refractivity contribution in [1.29, 1.82) is 0 Å². The van der Waals surface area contributed by atoms with Gasteiger partial charge in [0.1, 0.15) is 23.9 Å². The smallest absolute Gasteiger partial charge is 0.324 e. The van der Waals surface area contributed by atoms with Crippen molar-refractivity contribution in [3.8, 4) is 28.1 Å². The fourth-order valence-corrected chi connectivity index (χ4v) is 10.3.